The number of methoxy groups -OCH3 is 1. The molecule has 1 heterocycles. The van der Waals surface area contributed by atoms with Crippen LogP contribution in [0.2, 0.25) is 5.02 Å². The molecule has 0 aliphatic heterocycles. The van der Waals surface area contributed by atoms with E-state index < -0.39 is 0 Å². The van der Waals surface area contributed by atoms with Gasteiger partial charge in [-0.2, -0.15) is 4.98 Å². The third kappa shape index (κ3) is 5.31. The second kappa shape index (κ2) is 9.34. The number of amides is 1. The Balaban J connectivity index is 1.57. The quantitative estimate of drug-likeness (QED) is 0.618. The summed E-state index contributed by atoms with van der Waals surface area (Å²) in [6.07, 6.45) is 0. The summed E-state index contributed by atoms with van der Waals surface area (Å²) >= 11 is 5.90. The Kier molecular flexibility index (Phi) is 6.62. The predicted molar refractivity (Wildman–Crippen MR) is 107 cm³/mol. The number of carbonyl (C=O) groups is 1. The summed E-state index contributed by atoms with van der Waals surface area (Å²) in [6.45, 7) is 3.22. The molecule has 0 aliphatic carbocycles. The topological polar surface area (TPSA) is 80.5 Å². The van der Waals surface area contributed by atoms with E-state index in [1.165, 1.54) is 0 Å². The number of anilines is 1. The SMILES string of the molecule is CCN(CC(=O)Nc1ccc(OC)cc1)Cc1nc(-c2ccc(Cl)cc2)no1. The van der Waals surface area contributed by atoms with Gasteiger partial charge in [0.05, 0.1) is 20.2 Å². The Hall–Kier alpha value is -2.90. The molecule has 3 rings (SSSR count). The molecule has 0 atom stereocenters. The fourth-order valence-electron chi connectivity index (χ4n) is 2.58. The van der Waals surface area contributed by atoms with Gasteiger partial charge in [-0.3, -0.25) is 9.69 Å². The maximum absolute atomic E-state index is 12.3. The number of carbonyl (C=O) groups excluding carboxylic acids is 1. The molecular formula is C20H21ClN4O3. The monoisotopic (exact) mass is 400 g/mol. The van der Waals surface area contributed by atoms with Crippen LogP contribution in [0.1, 0.15) is 12.8 Å². The average molecular weight is 401 g/mol. The number of aromatic nitrogens is 2. The molecule has 3 aromatic rings. The molecule has 0 radical (unpaired) electrons. The largest absolute Gasteiger partial charge is 0.497 e. The molecule has 28 heavy (non-hydrogen) atoms. The van der Waals surface area contributed by atoms with Gasteiger partial charge < -0.3 is 14.6 Å². The molecule has 0 saturated carbocycles. The van der Waals surface area contributed by atoms with Crippen LogP contribution in [0.25, 0.3) is 11.4 Å². The highest BCUT2D eigenvalue weighted by Gasteiger charge is 2.15. The van der Waals surface area contributed by atoms with Gasteiger partial charge in [0.25, 0.3) is 0 Å². The Morgan fingerprint density at radius 1 is 1.18 bits per heavy atom. The van der Waals surface area contributed by atoms with E-state index in [1.54, 1.807) is 43.5 Å². The van der Waals surface area contributed by atoms with E-state index in [1.807, 2.05) is 24.0 Å². The first kappa shape index (κ1) is 19.9. The number of benzene rings is 2. The molecule has 1 N–H and O–H groups in total. The minimum atomic E-state index is -0.121. The van der Waals surface area contributed by atoms with E-state index in [2.05, 4.69) is 15.5 Å². The van der Waals surface area contributed by atoms with Crippen LogP contribution in [0.3, 0.4) is 0 Å². The fraction of sp³-hybridized carbons (Fsp3) is 0.250. The van der Waals surface area contributed by atoms with Crippen LogP contribution in [0.5, 0.6) is 5.75 Å². The van der Waals surface area contributed by atoms with Gasteiger partial charge in [-0.25, -0.2) is 0 Å². The number of nitrogens with zero attached hydrogens (tertiary/aromatic N) is 3. The van der Waals surface area contributed by atoms with Gasteiger partial charge in [0.1, 0.15) is 5.75 Å². The van der Waals surface area contributed by atoms with E-state index in [4.69, 9.17) is 20.9 Å². The molecule has 0 aliphatic rings. The zero-order chi connectivity index (χ0) is 19.9. The van der Waals surface area contributed by atoms with Gasteiger partial charge in [0, 0.05) is 16.3 Å². The molecular weight excluding hydrogens is 380 g/mol. The first-order chi connectivity index (χ1) is 13.6. The van der Waals surface area contributed by atoms with Crippen molar-refractivity contribution in [3.8, 4) is 17.1 Å². The lowest BCUT2D eigenvalue weighted by Gasteiger charge is -2.17. The second-order valence-corrected chi connectivity index (χ2v) is 6.54. The highest BCUT2D eigenvalue weighted by Crippen LogP contribution is 2.19. The highest BCUT2D eigenvalue weighted by molar-refractivity contribution is 6.30. The van der Waals surface area contributed by atoms with E-state index in [0.29, 0.717) is 35.5 Å². The molecule has 8 heteroatoms. The van der Waals surface area contributed by atoms with Crippen LogP contribution in [0.4, 0.5) is 5.69 Å². The smallest absolute Gasteiger partial charge is 0.241 e. The van der Waals surface area contributed by atoms with E-state index in [0.717, 1.165) is 11.3 Å². The van der Waals surface area contributed by atoms with Crippen molar-refractivity contribution in [3.63, 3.8) is 0 Å². The molecule has 1 amide bonds. The number of nitrogens with one attached hydrogen (secondary N) is 1. The van der Waals surface area contributed by atoms with Gasteiger partial charge in [-0.05, 0) is 55.1 Å². The third-order valence-corrected chi connectivity index (χ3v) is 4.37. The standard InChI is InChI=1S/C20H21ClN4O3/c1-3-25(12-18(26)22-16-8-10-17(27-2)11-9-16)13-19-23-20(24-28-19)14-4-6-15(21)7-5-14/h4-11H,3,12-13H2,1-2H3,(H,22,26). The summed E-state index contributed by atoms with van der Waals surface area (Å²) in [5, 5.41) is 7.51. The van der Waals surface area contributed by atoms with Gasteiger partial charge in [0.15, 0.2) is 0 Å². The minimum Gasteiger partial charge on any atom is -0.497 e. The van der Waals surface area contributed by atoms with Crippen molar-refractivity contribution in [1.29, 1.82) is 0 Å². The molecule has 0 fully saturated rings. The number of rotatable bonds is 8. The Labute approximate surface area is 168 Å². The van der Waals surface area contributed by atoms with Gasteiger partial charge >= 0.3 is 0 Å². The van der Waals surface area contributed by atoms with Crippen LogP contribution in [-0.2, 0) is 11.3 Å². The van der Waals surface area contributed by atoms with Crippen molar-refractivity contribution >= 4 is 23.2 Å². The van der Waals surface area contributed by atoms with Crippen molar-refractivity contribution in [2.24, 2.45) is 0 Å². The van der Waals surface area contributed by atoms with Crippen LogP contribution in [0.15, 0.2) is 53.1 Å². The van der Waals surface area contributed by atoms with Gasteiger partial charge in [-0.1, -0.05) is 23.7 Å². The lowest BCUT2D eigenvalue weighted by Crippen LogP contribution is -2.32. The summed E-state index contributed by atoms with van der Waals surface area (Å²) in [5.74, 6) is 1.56. The molecule has 2 aromatic carbocycles. The van der Waals surface area contributed by atoms with E-state index >= 15 is 0 Å². The number of ether oxygens (including phenoxy) is 1. The average Bonchev–Trinajstić information content (AvgIpc) is 3.17. The van der Waals surface area contributed by atoms with Crippen molar-refractivity contribution in [2.75, 3.05) is 25.5 Å². The second-order valence-electron chi connectivity index (χ2n) is 6.10. The molecule has 1 aromatic heterocycles. The number of likely N-dealkylation sites (N-methyl/N-ethyl adjacent to an activating group) is 1. The van der Waals surface area contributed by atoms with Crippen LogP contribution in [0, 0.1) is 0 Å². The van der Waals surface area contributed by atoms with E-state index in [-0.39, 0.29) is 12.5 Å². The summed E-state index contributed by atoms with van der Waals surface area (Å²) in [4.78, 5) is 18.6. The first-order valence-corrected chi connectivity index (χ1v) is 9.20. The van der Waals surface area contributed by atoms with Crippen LogP contribution >= 0.6 is 11.6 Å². The summed E-state index contributed by atoms with van der Waals surface area (Å²) < 4.78 is 10.4. The molecule has 7 nitrogen and oxygen atoms in total. The molecule has 0 unspecified atom stereocenters. The Morgan fingerprint density at radius 3 is 2.54 bits per heavy atom. The summed E-state index contributed by atoms with van der Waals surface area (Å²) in [5.41, 5.74) is 1.53. The molecule has 0 bridgehead atoms. The highest BCUT2D eigenvalue weighted by atomic mass is 35.5. The van der Waals surface area contributed by atoms with Crippen molar-refractivity contribution in [2.45, 2.75) is 13.5 Å². The molecule has 0 saturated heterocycles. The summed E-state index contributed by atoms with van der Waals surface area (Å²) in [7, 11) is 1.60. The number of halogens is 1. The number of hydrogen-bond donors (Lipinski definition) is 1. The maximum atomic E-state index is 12.3. The minimum absolute atomic E-state index is 0.121. The van der Waals surface area contributed by atoms with Gasteiger partial charge in [0.2, 0.25) is 17.6 Å². The lowest BCUT2D eigenvalue weighted by molar-refractivity contribution is -0.117. The Morgan fingerprint density at radius 2 is 1.89 bits per heavy atom. The van der Waals surface area contributed by atoms with Crippen LogP contribution < -0.4 is 10.1 Å². The first-order valence-electron chi connectivity index (χ1n) is 8.82. The maximum Gasteiger partial charge on any atom is 0.241 e. The van der Waals surface area contributed by atoms with Crippen molar-refractivity contribution in [1.82, 2.24) is 15.0 Å². The normalized spacial score (nSPS) is 10.9. The predicted octanol–water partition coefficient (Wildman–Crippen LogP) is 3.86. The zero-order valence-electron chi connectivity index (χ0n) is 15.7. The lowest BCUT2D eigenvalue weighted by atomic mass is 10.2. The zero-order valence-corrected chi connectivity index (χ0v) is 16.4. The van der Waals surface area contributed by atoms with E-state index in [9.17, 15) is 4.79 Å². The van der Waals surface area contributed by atoms with Gasteiger partial charge in [-0.15, -0.1) is 0 Å². The Bertz CT molecular complexity index is 910. The van der Waals surface area contributed by atoms with Crippen LogP contribution in [-0.4, -0.2) is 41.1 Å². The third-order valence-electron chi connectivity index (χ3n) is 4.12. The summed E-state index contributed by atoms with van der Waals surface area (Å²) in [6, 6.07) is 14.4. The molecule has 0 spiro atoms. The van der Waals surface area contributed by atoms with Crippen molar-refractivity contribution in [3.05, 3.63) is 59.4 Å². The molecule has 146 valence electrons. The van der Waals surface area contributed by atoms with Crippen molar-refractivity contribution < 1.29 is 14.1 Å². The number of hydrogen-bond acceptors (Lipinski definition) is 6. The fourth-order valence-corrected chi connectivity index (χ4v) is 2.71.